The van der Waals surface area contributed by atoms with Gasteiger partial charge in [0.2, 0.25) is 0 Å². The lowest BCUT2D eigenvalue weighted by atomic mass is 10.1. The molecule has 0 saturated carbocycles. The zero-order valence-corrected chi connectivity index (χ0v) is 13.4. The highest BCUT2D eigenvalue weighted by atomic mass is 16.5. The summed E-state index contributed by atoms with van der Waals surface area (Å²) in [5.41, 5.74) is 3.55. The predicted octanol–water partition coefficient (Wildman–Crippen LogP) is 3.40. The quantitative estimate of drug-likeness (QED) is 0.860. The Hall–Kier alpha value is -2.49. The second-order valence-corrected chi connectivity index (χ2v) is 5.71. The number of hydrogen-bond acceptors (Lipinski definition) is 2. The molecule has 0 fully saturated rings. The lowest BCUT2D eigenvalue weighted by Crippen LogP contribution is -2.39. The van der Waals surface area contributed by atoms with Gasteiger partial charge in [0.15, 0.2) is 0 Å². The topological polar surface area (TPSA) is 41.6 Å². The van der Waals surface area contributed by atoms with Gasteiger partial charge in [0.1, 0.15) is 5.75 Å². The zero-order valence-electron chi connectivity index (χ0n) is 13.4. The van der Waals surface area contributed by atoms with Crippen LogP contribution in [0.4, 0.5) is 10.5 Å². The molecule has 0 bridgehead atoms. The summed E-state index contributed by atoms with van der Waals surface area (Å²) < 4.78 is 5.15. The number of benzene rings is 2. The number of fused-ring (bicyclic) bond motifs is 1. The van der Waals surface area contributed by atoms with Crippen LogP contribution in [0.2, 0.25) is 0 Å². The maximum absolute atomic E-state index is 12.3. The summed E-state index contributed by atoms with van der Waals surface area (Å²) in [4.78, 5) is 14.1. The fraction of sp³-hybridized carbons (Fsp3) is 0.316. The van der Waals surface area contributed by atoms with Crippen molar-refractivity contribution in [3.8, 4) is 5.75 Å². The standard InChI is InChI=1S/C19H22N2O2/c1-23-17-10-8-15(9-11-17)5-4-13-20-19(22)21-14-12-16-6-2-3-7-18(16)21/h2-3,6-11H,4-5,12-14H2,1H3,(H,20,22). The molecule has 1 aliphatic heterocycles. The van der Waals surface area contributed by atoms with Crippen molar-refractivity contribution in [2.75, 3.05) is 25.1 Å². The number of urea groups is 1. The third-order valence-electron chi connectivity index (χ3n) is 4.21. The van der Waals surface area contributed by atoms with Gasteiger partial charge in [-0.3, -0.25) is 4.90 Å². The molecule has 0 atom stereocenters. The SMILES string of the molecule is COc1ccc(CCCNC(=O)N2CCc3ccccc32)cc1. The number of aryl methyl sites for hydroxylation is 1. The number of ether oxygens (including phenoxy) is 1. The summed E-state index contributed by atoms with van der Waals surface area (Å²) in [6, 6.07) is 16.2. The van der Waals surface area contributed by atoms with Crippen LogP contribution in [0.25, 0.3) is 0 Å². The number of methoxy groups -OCH3 is 1. The molecule has 4 nitrogen and oxygen atoms in total. The smallest absolute Gasteiger partial charge is 0.321 e. The van der Waals surface area contributed by atoms with Crippen molar-refractivity contribution < 1.29 is 9.53 Å². The van der Waals surface area contributed by atoms with Gasteiger partial charge >= 0.3 is 6.03 Å². The van der Waals surface area contributed by atoms with Crippen LogP contribution in [-0.2, 0) is 12.8 Å². The number of carbonyl (C=O) groups excluding carboxylic acids is 1. The lowest BCUT2D eigenvalue weighted by molar-refractivity contribution is 0.246. The molecule has 1 heterocycles. The molecule has 2 amide bonds. The summed E-state index contributed by atoms with van der Waals surface area (Å²) >= 11 is 0. The maximum atomic E-state index is 12.3. The van der Waals surface area contributed by atoms with Crippen molar-refractivity contribution in [2.45, 2.75) is 19.3 Å². The third-order valence-corrected chi connectivity index (χ3v) is 4.21. The average molecular weight is 310 g/mol. The van der Waals surface area contributed by atoms with E-state index in [4.69, 9.17) is 4.74 Å². The Labute approximate surface area is 137 Å². The Morgan fingerprint density at radius 3 is 2.74 bits per heavy atom. The monoisotopic (exact) mass is 310 g/mol. The molecule has 0 aliphatic carbocycles. The van der Waals surface area contributed by atoms with E-state index in [9.17, 15) is 4.79 Å². The molecule has 2 aromatic rings. The minimum absolute atomic E-state index is 0.00433. The van der Waals surface area contributed by atoms with Crippen LogP contribution in [0.3, 0.4) is 0 Å². The van der Waals surface area contributed by atoms with Crippen molar-refractivity contribution in [1.82, 2.24) is 5.32 Å². The third kappa shape index (κ3) is 3.65. The number of carbonyl (C=O) groups is 1. The van der Waals surface area contributed by atoms with Crippen LogP contribution in [0.15, 0.2) is 48.5 Å². The Kier molecular flexibility index (Phi) is 4.81. The first-order valence-electron chi connectivity index (χ1n) is 8.04. The Morgan fingerprint density at radius 2 is 1.96 bits per heavy atom. The van der Waals surface area contributed by atoms with E-state index in [0.29, 0.717) is 6.54 Å². The van der Waals surface area contributed by atoms with Gasteiger partial charge in [-0.1, -0.05) is 30.3 Å². The van der Waals surface area contributed by atoms with Gasteiger partial charge in [0, 0.05) is 18.8 Å². The first-order chi connectivity index (χ1) is 11.3. The van der Waals surface area contributed by atoms with E-state index >= 15 is 0 Å². The molecule has 1 N–H and O–H groups in total. The summed E-state index contributed by atoms with van der Waals surface area (Å²) in [5.74, 6) is 0.870. The van der Waals surface area contributed by atoms with Gasteiger partial charge in [0.25, 0.3) is 0 Å². The van der Waals surface area contributed by atoms with Crippen molar-refractivity contribution in [3.05, 3.63) is 59.7 Å². The highest BCUT2D eigenvalue weighted by molar-refractivity contribution is 5.94. The normalized spacial score (nSPS) is 12.8. The van der Waals surface area contributed by atoms with E-state index in [1.807, 2.05) is 35.2 Å². The Morgan fingerprint density at radius 1 is 1.17 bits per heavy atom. The Bertz CT molecular complexity index is 667. The van der Waals surface area contributed by atoms with E-state index in [1.165, 1.54) is 11.1 Å². The first-order valence-corrected chi connectivity index (χ1v) is 8.04. The number of rotatable bonds is 5. The first kappa shape index (κ1) is 15.4. The van der Waals surface area contributed by atoms with Crippen LogP contribution >= 0.6 is 0 Å². The number of amides is 2. The molecular weight excluding hydrogens is 288 g/mol. The summed E-state index contributed by atoms with van der Waals surface area (Å²) in [5, 5.41) is 3.02. The van der Waals surface area contributed by atoms with Crippen molar-refractivity contribution in [2.24, 2.45) is 0 Å². The average Bonchev–Trinajstić information content (AvgIpc) is 3.03. The molecule has 0 spiro atoms. The molecular formula is C19H22N2O2. The lowest BCUT2D eigenvalue weighted by Gasteiger charge is -2.18. The molecule has 4 heteroatoms. The predicted molar refractivity (Wildman–Crippen MR) is 92.2 cm³/mol. The molecule has 0 saturated heterocycles. The Balaban J connectivity index is 1.45. The molecule has 0 aromatic heterocycles. The van der Waals surface area contributed by atoms with Crippen LogP contribution in [0.1, 0.15) is 17.5 Å². The van der Waals surface area contributed by atoms with Crippen LogP contribution in [0, 0.1) is 0 Å². The van der Waals surface area contributed by atoms with E-state index in [0.717, 1.165) is 37.2 Å². The molecule has 120 valence electrons. The van der Waals surface area contributed by atoms with Gasteiger partial charge in [-0.15, -0.1) is 0 Å². The summed E-state index contributed by atoms with van der Waals surface area (Å²) in [6.45, 7) is 1.45. The number of para-hydroxylation sites is 1. The van der Waals surface area contributed by atoms with E-state index in [1.54, 1.807) is 7.11 Å². The van der Waals surface area contributed by atoms with E-state index in [2.05, 4.69) is 23.5 Å². The number of nitrogens with one attached hydrogen (secondary N) is 1. The van der Waals surface area contributed by atoms with Crippen molar-refractivity contribution in [1.29, 1.82) is 0 Å². The van der Waals surface area contributed by atoms with Crippen LogP contribution in [0.5, 0.6) is 5.75 Å². The maximum Gasteiger partial charge on any atom is 0.321 e. The van der Waals surface area contributed by atoms with Gasteiger partial charge < -0.3 is 10.1 Å². The van der Waals surface area contributed by atoms with E-state index in [-0.39, 0.29) is 6.03 Å². The fourth-order valence-electron chi connectivity index (χ4n) is 2.92. The molecule has 1 aliphatic rings. The largest absolute Gasteiger partial charge is 0.497 e. The van der Waals surface area contributed by atoms with Gasteiger partial charge in [-0.05, 0) is 48.6 Å². The van der Waals surface area contributed by atoms with Gasteiger partial charge in [-0.25, -0.2) is 4.79 Å². The molecule has 0 radical (unpaired) electrons. The fourth-order valence-corrected chi connectivity index (χ4v) is 2.92. The van der Waals surface area contributed by atoms with Gasteiger partial charge in [0.05, 0.1) is 7.11 Å². The van der Waals surface area contributed by atoms with E-state index < -0.39 is 0 Å². The second-order valence-electron chi connectivity index (χ2n) is 5.71. The second kappa shape index (κ2) is 7.18. The van der Waals surface area contributed by atoms with Crippen molar-refractivity contribution in [3.63, 3.8) is 0 Å². The minimum Gasteiger partial charge on any atom is -0.497 e. The number of hydrogen-bond donors (Lipinski definition) is 1. The van der Waals surface area contributed by atoms with Gasteiger partial charge in [-0.2, -0.15) is 0 Å². The summed E-state index contributed by atoms with van der Waals surface area (Å²) in [6.07, 6.45) is 2.81. The summed E-state index contributed by atoms with van der Waals surface area (Å²) in [7, 11) is 1.67. The molecule has 0 unspecified atom stereocenters. The number of nitrogens with zero attached hydrogens (tertiary/aromatic N) is 1. The molecule has 2 aromatic carbocycles. The van der Waals surface area contributed by atoms with Crippen LogP contribution < -0.4 is 15.0 Å². The highest BCUT2D eigenvalue weighted by Gasteiger charge is 2.23. The molecule has 3 rings (SSSR count). The zero-order chi connectivity index (χ0) is 16.1. The highest BCUT2D eigenvalue weighted by Crippen LogP contribution is 2.27. The van der Waals surface area contributed by atoms with Crippen molar-refractivity contribution >= 4 is 11.7 Å². The minimum atomic E-state index is 0.00433. The van der Waals surface area contributed by atoms with Crippen LogP contribution in [-0.4, -0.2) is 26.2 Å². The number of anilines is 1. The molecule has 23 heavy (non-hydrogen) atoms.